The van der Waals surface area contributed by atoms with Crippen LogP contribution in [-0.4, -0.2) is 24.5 Å². The normalized spacial score (nSPS) is 18.8. The highest BCUT2D eigenvalue weighted by molar-refractivity contribution is 6.31. The summed E-state index contributed by atoms with van der Waals surface area (Å²) in [7, 11) is 0. The summed E-state index contributed by atoms with van der Waals surface area (Å²) in [5, 5.41) is 4.52. The molecule has 3 heteroatoms. The molecular formula is C29H39ClN2. The predicted molar refractivity (Wildman–Crippen MR) is 138 cm³/mol. The number of fused-ring (bicyclic) bond motifs is 2. The minimum atomic E-state index is 0.0751. The Kier molecular flexibility index (Phi) is 6.86. The second-order valence-corrected chi connectivity index (χ2v) is 11.3. The zero-order valence-corrected chi connectivity index (χ0v) is 21.3. The van der Waals surface area contributed by atoms with Crippen LogP contribution in [0.15, 0.2) is 36.9 Å². The number of benzene rings is 2. The summed E-state index contributed by atoms with van der Waals surface area (Å²) < 4.78 is 0. The molecule has 0 saturated carbocycles. The molecule has 2 aliphatic heterocycles. The van der Waals surface area contributed by atoms with Crippen molar-refractivity contribution in [3.8, 4) is 0 Å². The molecule has 0 radical (unpaired) electrons. The number of rotatable bonds is 6. The molecule has 32 heavy (non-hydrogen) atoms. The molecule has 0 aromatic heterocycles. The average molecular weight is 451 g/mol. The Labute approximate surface area is 200 Å². The van der Waals surface area contributed by atoms with Gasteiger partial charge in [0.25, 0.3) is 0 Å². The lowest BCUT2D eigenvalue weighted by Crippen LogP contribution is -2.39. The van der Waals surface area contributed by atoms with Gasteiger partial charge < -0.3 is 5.32 Å². The molecule has 2 aliphatic rings. The van der Waals surface area contributed by atoms with E-state index in [-0.39, 0.29) is 5.41 Å². The van der Waals surface area contributed by atoms with Gasteiger partial charge in [-0.1, -0.05) is 70.5 Å². The largest absolute Gasteiger partial charge is 0.312 e. The summed E-state index contributed by atoms with van der Waals surface area (Å²) in [4.78, 5) is 2.52. The van der Waals surface area contributed by atoms with Gasteiger partial charge in [0.05, 0.1) is 0 Å². The molecule has 2 nitrogen and oxygen atoms in total. The summed E-state index contributed by atoms with van der Waals surface area (Å²) in [5.41, 5.74) is 10.2. The van der Waals surface area contributed by atoms with E-state index in [1.54, 1.807) is 11.1 Å². The summed E-state index contributed by atoms with van der Waals surface area (Å²) in [6, 6.07) is 9.58. The number of hydrogen-bond acceptors (Lipinski definition) is 2. The highest BCUT2D eigenvalue weighted by atomic mass is 35.5. The average Bonchev–Trinajstić information content (AvgIpc) is 2.73. The molecule has 172 valence electrons. The van der Waals surface area contributed by atoms with Crippen molar-refractivity contribution in [3.05, 3.63) is 80.9 Å². The molecule has 0 fully saturated rings. The van der Waals surface area contributed by atoms with Crippen molar-refractivity contribution >= 4 is 11.6 Å². The first kappa shape index (κ1) is 23.5. The molecule has 0 saturated heterocycles. The molecule has 2 heterocycles. The highest BCUT2D eigenvalue weighted by Crippen LogP contribution is 2.39. The van der Waals surface area contributed by atoms with Gasteiger partial charge in [-0.2, -0.15) is 0 Å². The van der Waals surface area contributed by atoms with Gasteiger partial charge in [0.15, 0.2) is 0 Å². The molecule has 1 atom stereocenters. The summed E-state index contributed by atoms with van der Waals surface area (Å²) in [6.07, 6.45) is 4.22. The van der Waals surface area contributed by atoms with E-state index in [0.717, 1.165) is 50.6 Å². The van der Waals surface area contributed by atoms with Crippen molar-refractivity contribution in [1.29, 1.82) is 0 Å². The Bertz CT molecular complexity index is 1000. The molecule has 0 spiro atoms. The van der Waals surface area contributed by atoms with E-state index in [4.69, 9.17) is 11.6 Å². The van der Waals surface area contributed by atoms with E-state index in [9.17, 15) is 0 Å². The van der Waals surface area contributed by atoms with Crippen molar-refractivity contribution in [2.75, 3.05) is 19.6 Å². The third-order valence-corrected chi connectivity index (χ3v) is 7.74. The fourth-order valence-electron chi connectivity index (χ4n) is 5.60. The molecule has 0 bridgehead atoms. The van der Waals surface area contributed by atoms with Crippen LogP contribution in [0.5, 0.6) is 0 Å². The van der Waals surface area contributed by atoms with Crippen molar-refractivity contribution in [2.45, 2.75) is 77.8 Å². The molecule has 1 N–H and O–H groups in total. The van der Waals surface area contributed by atoms with E-state index >= 15 is 0 Å². The summed E-state index contributed by atoms with van der Waals surface area (Å²) >= 11 is 6.87. The van der Waals surface area contributed by atoms with Crippen LogP contribution in [0.25, 0.3) is 0 Å². The van der Waals surface area contributed by atoms with E-state index in [2.05, 4.69) is 75.7 Å². The van der Waals surface area contributed by atoms with E-state index in [1.807, 2.05) is 6.08 Å². The topological polar surface area (TPSA) is 15.3 Å². The van der Waals surface area contributed by atoms with Gasteiger partial charge >= 0.3 is 0 Å². The van der Waals surface area contributed by atoms with Crippen LogP contribution in [0.3, 0.4) is 0 Å². The molecule has 0 amide bonds. The minimum absolute atomic E-state index is 0.0751. The van der Waals surface area contributed by atoms with Gasteiger partial charge in [-0.05, 0) is 69.7 Å². The first-order valence-corrected chi connectivity index (χ1v) is 12.6. The quantitative estimate of drug-likeness (QED) is 0.490. The summed E-state index contributed by atoms with van der Waals surface area (Å²) in [6.45, 7) is 20.5. The fourth-order valence-corrected chi connectivity index (χ4v) is 6.10. The van der Waals surface area contributed by atoms with Crippen LogP contribution in [0.1, 0.15) is 85.4 Å². The van der Waals surface area contributed by atoms with Gasteiger partial charge in [0.2, 0.25) is 0 Å². The molecule has 2 aromatic rings. The number of nitrogens with zero attached hydrogens (tertiary/aromatic N) is 1. The lowest BCUT2D eigenvalue weighted by molar-refractivity contribution is 0.280. The number of hydrogen-bond donors (Lipinski definition) is 1. The minimum Gasteiger partial charge on any atom is -0.312 e. The zero-order chi connectivity index (χ0) is 23.0. The lowest BCUT2D eigenvalue weighted by atomic mass is 9.77. The van der Waals surface area contributed by atoms with Crippen molar-refractivity contribution in [2.24, 2.45) is 0 Å². The van der Waals surface area contributed by atoms with Crippen LogP contribution < -0.4 is 5.32 Å². The number of halogens is 1. The standard InChI is InChI=1S/C29H39ClN2/c1-7-9-32-10-8-21-12-22(19(2)3)13-24(26(21)17-32)11-20(4)23-14-25-16-31-18-29(5,6)28(25)27(30)15-23/h7,12-15,19-20,31H,1,8-11,16-18H2,2-6H3. The zero-order valence-electron chi connectivity index (χ0n) is 20.5. The third kappa shape index (κ3) is 4.69. The first-order valence-electron chi connectivity index (χ1n) is 12.2. The SMILES string of the molecule is C=CCN1CCc2cc(C(C)C)cc(CC(C)c3cc(Cl)c4c(c3)CNCC4(C)C)c2C1. The van der Waals surface area contributed by atoms with Crippen molar-refractivity contribution < 1.29 is 0 Å². The first-order chi connectivity index (χ1) is 15.2. The van der Waals surface area contributed by atoms with Crippen LogP contribution in [-0.2, 0) is 31.3 Å². The summed E-state index contributed by atoms with van der Waals surface area (Å²) in [5.74, 6) is 0.969. The Hall–Kier alpha value is -1.61. The van der Waals surface area contributed by atoms with Gasteiger partial charge in [0, 0.05) is 43.2 Å². The Morgan fingerprint density at radius 2 is 1.88 bits per heavy atom. The second-order valence-electron chi connectivity index (χ2n) is 10.9. The van der Waals surface area contributed by atoms with Crippen molar-refractivity contribution in [3.63, 3.8) is 0 Å². The highest BCUT2D eigenvalue weighted by Gasteiger charge is 2.30. The maximum atomic E-state index is 6.87. The third-order valence-electron chi connectivity index (χ3n) is 7.44. The van der Waals surface area contributed by atoms with Crippen LogP contribution in [0, 0.1) is 0 Å². The molecule has 2 aromatic carbocycles. The molecule has 1 unspecified atom stereocenters. The molecule has 0 aliphatic carbocycles. The smallest absolute Gasteiger partial charge is 0.0450 e. The van der Waals surface area contributed by atoms with Gasteiger partial charge in [-0.15, -0.1) is 6.58 Å². The van der Waals surface area contributed by atoms with Gasteiger partial charge in [-0.25, -0.2) is 0 Å². The lowest BCUT2D eigenvalue weighted by Gasteiger charge is -2.35. The van der Waals surface area contributed by atoms with E-state index in [0.29, 0.717) is 11.8 Å². The van der Waals surface area contributed by atoms with Gasteiger partial charge in [0.1, 0.15) is 0 Å². The second kappa shape index (κ2) is 9.33. The van der Waals surface area contributed by atoms with Crippen LogP contribution >= 0.6 is 11.6 Å². The number of nitrogens with one attached hydrogen (secondary N) is 1. The van der Waals surface area contributed by atoms with E-state index in [1.165, 1.54) is 27.8 Å². The van der Waals surface area contributed by atoms with Crippen molar-refractivity contribution in [1.82, 2.24) is 10.2 Å². The molecular weight excluding hydrogens is 412 g/mol. The van der Waals surface area contributed by atoms with Gasteiger partial charge in [-0.3, -0.25) is 4.90 Å². The fraction of sp³-hybridized carbons (Fsp3) is 0.517. The maximum absolute atomic E-state index is 6.87. The predicted octanol–water partition coefficient (Wildman–Crippen LogP) is 6.73. The molecule has 4 rings (SSSR count). The maximum Gasteiger partial charge on any atom is 0.0450 e. The Morgan fingerprint density at radius 3 is 2.59 bits per heavy atom. The Balaban J connectivity index is 1.67. The van der Waals surface area contributed by atoms with Crippen LogP contribution in [0.4, 0.5) is 0 Å². The van der Waals surface area contributed by atoms with E-state index < -0.39 is 0 Å². The Morgan fingerprint density at radius 1 is 1.12 bits per heavy atom. The monoisotopic (exact) mass is 450 g/mol. The van der Waals surface area contributed by atoms with Crippen LogP contribution in [0.2, 0.25) is 5.02 Å².